The van der Waals surface area contributed by atoms with Crippen LogP contribution in [0, 0.1) is 0 Å². The number of thiophene rings is 1. The van der Waals surface area contributed by atoms with Crippen molar-refractivity contribution in [2.45, 2.75) is 56.7 Å². The van der Waals surface area contributed by atoms with Crippen LogP contribution < -0.4 is 5.32 Å². The smallest absolute Gasteiger partial charge is 0.263 e. The number of fused-ring (bicyclic) bond motifs is 2. The maximum Gasteiger partial charge on any atom is 0.263 e. The fourth-order valence-corrected chi connectivity index (χ4v) is 6.62. The molecule has 0 radical (unpaired) electrons. The van der Waals surface area contributed by atoms with Crippen LogP contribution in [-0.2, 0) is 21.5 Å². The standard InChI is InChI=1S/C22H30N2O3S/c1-16-2-12-26-21(15-16)6-10-24(11-7-21)20(25)18-14-17-3-13-27-22(19(17)28-18)4-8-23-9-5-22/h14-15,23H,2-13H2,1H3. The van der Waals surface area contributed by atoms with Crippen LogP contribution in [0.5, 0.6) is 0 Å². The highest BCUT2D eigenvalue weighted by molar-refractivity contribution is 7.14. The van der Waals surface area contributed by atoms with Crippen LogP contribution in [0.3, 0.4) is 0 Å². The predicted molar refractivity (Wildman–Crippen MR) is 110 cm³/mol. The average molecular weight is 403 g/mol. The summed E-state index contributed by atoms with van der Waals surface area (Å²) >= 11 is 1.68. The van der Waals surface area contributed by atoms with Crippen LogP contribution in [0.2, 0.25) is 0 Å². The van der Waals surface area contributed by atoms with Gasteiger partial charge in [-0.15, -0.1) is 11.3 Å². The third-order valence-corrected chi connectivity index (χ3v) is 8.24. The maximum absolute atomic E-state index is 13.3. The summed E-state index contributed by atoms with van der Waals surface area (Å²) in [6.07, 6.45) is 8.08. The molecule has 6 heteroatoms. The number of nitrogens with zero attached hydrogens (tertiary/aromatic N) is 1. The summed E-state index contributed by atoms with van der Waals surface area (Å²) in [7, 11) is 0. The Morgan fingerprint density at radius 3 is 2.61 bits per heavy atom. The monoisotopic (exact) mass is 402 g/mol. The SMILES string of the molecule is CC1=CC2(CCN(C(=O)c3cc4c(s3)C3(CCNCC3)OCC4)CC2)OCC1. The van der Waals surface area contributed by atoms with Crippen molar-refractivity contribution in [1.29, 1.82) is 0 Å². The minimum Gasteiger partial charge on any atom is -0.370 e. The van der Waals surface area contributed by atoms with Crippen molar-refractivity contribution < 1.29 is 14.3 Å². The number of amides is 1. The van der Waals surface area contributed by atoms with E-state index in [1.807, 2.05) is 4.90 Å². The summed E-state index contributed by atoms with van der Waals surface area (Å²) in [6, 6.07) is 2.15. The molecule has 0 bridgehead atoms. The number of carbonyl (C=O) groups is 1. The van der Waals surface area contributed by atoms with Crippen LogP contribution in [-0.4, -0.2) is 55.8 Å². The lowest BCUT2D eigenvalue weighted by Gasteiger charge is -2.42. The number of hydrogen-bond acceptors (Lipinski definition) is 5. The van der Waals surface area contributed by atoms with Crippen LogP contribution in [0.1, 0.15) is 59.1 Å². The second-order valence-corrected chi connectivity index (χ2v) is 9.81. The molecule has 0 aromatic carbocycles. The number of rotatable bonds is 1. The third kappa shape index (κ3) is 3.24. The summed E-state index contributed by atoms with van der Waals surface area (Å²) < 4.78 is 12.4. The third-order valence-electron chi connectivity index (χ3n) is 6.89. The van der Waals surface area contributed by atoms with Crippen molar-refractivity contribution >= 4 is 17.2 Å². The summed E-state index contributed by atoms with van der Waals surface area (Å²) in [6.45, 7) is 7.30. The topological polar surface area (TPSA) is 50.8 Å². The molecule has 1 aromatic heterocycles. The first-order valence-corrected chi connectivity index (χ1v) is 11.5. The molecule has 1 aromatic rings. The van der Waals surface area contributed by atoms with Crippen LogP contribution in [0.15, 0.2) is 17.7 Å². The molecule has 5 rings (SSSR count). The van der Waals surface area contributed by atoms with Gasteiger partial charge in [0.2, 0.25) is 0 Å². The Kier molecular flexibility index (Phi) is 4.86. The number of nitrogens with one attached hydrogen (secondary N) is 1. The van der Waals surface area contributed by atoms with Gasteiger partial charge in [-0.3, -0.25) is 4.79 Å². The summed E-state index contributed by atoms with van der Waals surface area (Å²) in [5, 5.41) is 3.43. The van der Waals surface area contributed by atoms with E-state index in [0.29, 0.717) is 0 Å². The van der Waals surface area contributed by atoms with Crippen LogP contribution in [0.25, 0.3) is 0 Å². The highest BCUT2D eigenvalue weighted by atomic mass is 32.1. The number of piperidine rings is 2. The Balaban J connectivity index is 1.33. The highest BCUT2D eigenvalue weighted by Gasteiger charge is 2.42. The van der Waals surface area contributed by atoms with Gasteiger partial charge in [0.1, 0.15) is 5.60 Å². The van der Waals surface area contributed by atoms with Crippen LogP contribution in [0.4, 0.5) is 0 Å². The van der Waals surface area contributed by atoms with Crippen molar-refractivity contribution in [3.05, 3.63) is 33.0 Å². The van der Waals surface area contributed by atoms with E-state index in [1.54, 1.807) is 11.3 Å². The second kappa shape index (κ2) is 7.24. The molecule has 0 aliphatic carbocycles. The van der Waals surface area contributed by atoms with E-state index >= 15 is 0 Å². The van der Waals surface area contributed by atoms with Gasteiger partial charge in [-0.05, 0) is 70.2 Å². The first-order valence-electron chi connectivity index (χ1n) is 10.7. The van der Waals surface area contributed by atoms with Crippen molar-refractivity contribution in [2.24, 2.45) is 0 Å². The molecule has 1 amide bonds. The Morgan fingerprint density at radius 1 is 1.11 bits per heavy atom. The zero-order chi connectivity index (χ0) is 19.2. The van der Waals surface area contributed by atoms with E-state index in [-0.39, 0.29) is 17.1 Å². The molecule has 0 atom stereocenters. The minimum absolute atomic E-state index is 0.138. The lowest BCUT2D eigenvalue weighted by Crippen LogP contribution is -2.48. The van der Waals surface area contributed by atoms with E-state index in [0.717, 1.165) is 82.8 Å². The molecule has 1 N–H and O–H groups in total. The largest absolute Gasteiger partial charge is 0.370 e. The Bertz CT molecular complexity index is 786. The maximum atomic E-state index is 13.3. The van der Waals surface area contributed by atoms with E-state index < -0.39 is 0 Å². The number of likely N-dealkylation sites (tertiary alicyclic amines) is 1. The van der Waals surface area contributed by atoms with Gasteiger partial charge in [-0.1, -0.05) is 11.6 Å². The van der Waals surface area contributed by atoms with E-state index in [1.165, 1.54) is 16.0 Å². The summed E-state index contributed by atoms with van der Waals surface area (Å²) in [5.41, 5.74) is 2.46. The zero-order valence-electron chi connectivity index (χ0n) is 16.7. The first-order chi connectivity index (χ1) is 13.6. The fraction of sp³-hybridized carbons (Fsp3) is 0.682. The minimum atomic E-state index is -0.160. The Hall–Kier alpha value is -1.21. The quantitative estimate of drug-likeness (QED) is 0.733. The summed E-state index contributed by atoms with van der Waals surface area (Å²) in [4.78, 5) is 17.5. The van der Waals surface area contributed by atoms with Gasteiger partial charge in [-0.2, -0.15) is 0 Å². The molecule has 152 valence electrons. The Labute approximate surface area is 171 Å². The van der Waals surface area contributed by atoms with Gasteiger partial charge in [0.15, 0.2) is 0 Å². The van der Waals surface area contributed by atoms with Crippen molar-refractivity contribution in [3.63, 3.8) is 0 Å². The van der Waals surface area contributed by atoms with Gasteiger partial charge in [-0.25, -0.2) is 0 Å². The first kappa shape index (κ1) is 18.8. The number of ether oxygens (including phenoxy) is 2. The van der Waals surface area contributed by atoms with E-state index in [9.17, 15) is 4.79 Å². The molecule has 0 unspecified atom stereocenters. The molecule has 28 heavy (non-hydrogen) atoms. The second-order valence-electron chi connectivity index (χ2n) is 8.75. The number of carbonyl (C=O) groups excluding carboxylic acids is 1. The van der Waals surface area contributed by atoms with Gasteiger partial charge >= 0.3 is 0 Å². The molecular weight excluding hydrogens is 372 g/mol. The Morgan fingerprint density at radius 2 is 1.86 bits per heavy atom. The van der Waals surface area contributed by atoms with Gasteiger partial charge < -0.3 is 19.7 Å². The lowest BCUT2D eigenvalue weighted by molar-refractivity contribution is -0.0771. The van der Waals surface area contributed by atoms with E-state index in [2.05, 4.69) is 24.4 Å². The predicted octanol–water partition coefficient (Wildman–Crippen LogP) is 3.24. The van der Waals surface area contributed by atoms with Gasteiger partial charge in [0, 0.05) is 18.0 Å². The van der Waals surface area contributed by atoms with Gasteiger partial charge in [0.05, 0.1) is 23.7 Å². The molecule has 4 aliphatic heterocycles. The molecule has 4 aliphatic rings. The molecule has 0 saturated carbocycles. The summed E-state index contributed by atoms with van der Waals surface area (Å²) in [5.74, 6) is 0.190. The molecule has 2 saturated heterocycles. The zero-order valence-corrected chi connectivity index (χ0v) is 17.5. The lowest BCUT2D eigenvalue weighted by atomic mass is 9.86. The van der Waals surface area contributed by atoms with Crippen LogP contribution >= 0.6 is 11.3 Å². The average Bonchev–Trinajstić information content (AvgIpc) is 3.15. The molecule has 2 spiro atoms. The van der Waals surface area contributed by atoms with Crippen molar-refractivity contribution in [2.75, 3.05) is 39.4 Å². The normalized spacial score (nSPS) is 26.2. The molecular formula is C22H30N2O3S. The molecule has 5 nitrogen and oxygen atoms in total. The van der Waals surface area contributed by atoms with Gasteiger partial charge in [0.25, 0.3) is 5.91 Å². The fourth-order valence-electron chi connectivity index (χ4n) is 5.24. The number of hydrogen-bond donors (Lipinski definition) is 1. The highest BCUT2D eigenvalue weighted by Crippen LogP contribution is 2.45. The van der Waals surface area contributed by atoms with Crippen molar-refractivity contribution in [3.8, 4) is 0 Å². The van der Waals surface area contributed by atoms with E-state index in [4.69, 9.17) is 9.47 Å². The molecule has 2 fully saturated rings. The molecule has 5 heterocycles. The van der Waals surface area contributed by atoms with Crippen molar-refractivity contribution in [1.82, 2.24) is 10.2 Å².